The lowest BCUT2D eigenvalue weighted by Gasteiger charge is -1.99. The van der Waals surface area contributed by atoms with Crippen LogP contribution in [0.15, 0.2) is 24.3 Å². The van der Waals surface area contributed by atoms with Gasteiger partial charge in [-0.3, -0.25) is 4.84 Å². The molecule has 0 aromatic heterocycles. The lowest BCUT2D eigenvalue weighted by atomic mass is 10.1. The number of nitrogens with zero attached hydrogens (tertiary/aromatic N) is 2. The third-order valence-corrected chi connectivity index (χ3v) is 2.39. The first-order chi connectivity index (χ1) is 7.85. The summed E-state index contributed by atoms with van der Waals surface area (Å²) in [5.74, 6) is 0. The van der Waals surface area contributed by atoms with E-state index in [1.54, 1.807) is 12.1 Å². The van der Waals surface area contributed by atoms with Gasteiger partial charge in [-0.1, -0.05) is 25.5 Å². The number of hydrogen-bond acceptors (Lipinski definition) is 4. The first kappa shape index (κ1) is 11.1. The predicted molar refractivity (Wildman–Crippen MR) is 57.7 cm³/mol. The molecule has 0 saturated carbocycles. The number of hydroxylamine groups is 2. The van der Waals surface area contributed by atoms with Crippen LogP contribution in [0.3, 0.4) is 0 Å². The number of rotatable bonds is 5. The minimum absolute atomic E-state index is 0.107. The number of unbranched alkanes of at least 4 members (excludes halogenated alkanes) is 1. The van der Waals surface area contributed by atoms with Crippen LogP contribution in [0.1, 0.15) is 37.1 Å². The zero-order valence-electron chi connectivity index (χ0n) is 9.22. The second kappa shape index (κ2) is 5.08. The molecule has 4 nitrogen and oxygen atoms in total. The highest BCUT2D eigenvalue weighted by Gasteiger charge is 2.39. The van der Waals surface area contributed by atoms with Crippen molar-refractivity contribution in [1.82, 2.24) is 5.23 Å². The molecule has 1 aliphatic rings. The van der Waals surface area contributed by atoms with Crippen molar-refractivity contribution in [1.29, 1.82) is 5.26 Å². The average molecular weight is 218 g/mol. The summed E-state index contributed by atoms with van der Waals surface area (Å²) in [7, 11) is 0. The van der Waals surface area contributed by atoms with Gasteiger partial charge in [0.1, 0.15) is 0 Å². The standard InChI is InChI=1S/C12H14N2O2/c1-2-3-8-15-14-12(16-14)11-6-4-10(9-13)5-7-11/h4-7,12H,2-3,8H2,1H3. The van der Waals surface area contributed by atoms with Crippen molar-refractivity contribution in [2.75, 3.05) is 6.61 Å². The Morgan fingerprint density at radius 1 is 1.44 bits per heavy atom. The smallest absolute Gasteiger partial charge is 0.209 e. The van der Waals surface area contributed by atoms with E-state index in [4.69, 9.17) is 14.9 Å². The molecule has 0 aliphatic carbocycles. The Morgan fingerprint density at radius 2 is 2.19 bits per heavy atom. The number of hydrogen-bond donors (Lipinski definition) is 0. The Morgan fingerprint density at radius 3 is 2.81 bits per heavy atom. The van der Waals surface area contributed by atoms with E-state index in [1.165, 1.54) is 5.23 Å². The second-order valence-corrected chi connectivity index (χ2v) is 3.66. The minimum atomic E-state index is -0.107. The molecule has 0 radical (unpaired) electrons. The molecule has 0 amide bonds. The van der Waals surface area contributed by atoms with Crippen LogP contribution in [-0.2, 0) is 9.68 Å². The minimum Gasteiger partial charge on any atom is -0.272 e. The van der Waals surface area contributed by atoms with E-state index in [0.29, 0.717) is 12.2 Å². The first-order valence-corrected chi connectivity index (χ1v) is 5.44. The van der Waals surface area contributed by atoms with Crippen molar-refractivity contribution < 1.29 is 9.68 Å². The van der Waals surface area contributed by atoms with Crippen molar-refractivity contribution in [2.45, 2.75) is 26.0 Å². The Labute approximate surface area is 94.9 Å². The molecule has 4 heteroatoms. The van der Waals surface area contributed by atoms with E-state index in [9.17, 15) is 0 Å². The molecule has 1 saturated heterocycles. The SMILES string of the molecule is CCCCON1OC1c1ccc(C#N)cc1. The van der Waals surface area contributed by atoms with Gasteiger partial charge in [-0.25, -0.2) is 4.84 Å². The van der Waals surface area contributed by atoms with Crippen LogP contribution in [0.25, 0.3) is 0 Å². The molecule has 16 heavy (non-hydrogen) atoms. The summed E-state index contributed by atoms with van der Waals surface area (Å²) in [6, 6.07) is 9.40. The van der Waals surface area contributed by atoms with Crippen LogP contribution >= 0.6 is 0 Å². The number of nitriles is 1. The molecule has 1 aliphatic heterocycles. The fraction of sp³-hybridized carbons (Fsp3) is 0.417. The van der Waals surface area contributed by atoms with Gasteiger partial charge < -0.3 is 0 Å². The number of benzene rings is 1. The second-order valence-electron chi connectivity index (χ2n) is 3.66. The maximum Gasteiger partial charge on any atom is 0.209 e. The third-order valence-electron chi connectivity index (χ3n) is 2.39. The lowest BCUT2D eigenvalue weighted by molar-refractivity contribution is -0.165. The summed E-state index contributed by atoms with van der Waals surface area (Å²) < 4.78 is 0. The van der Waals surface area contributed by atoms with Gasteiger partial charge >= 0.3 is 0 Å². The molecule has 0 N–H and O–H groups in total. The van der Waals surface area contributed by atoms with Crippen LogP contribution < -0.4 is 0 Å². The van der Waals surface area contributed by atoms with Crippen LogP contribution in [0.2, 0.25) is 0 Å². The summed E-state index contributed by atoms with van der Waals surface area (Å²) in [6.07, 6.45) is 2.03. The van der Waals surface area contributed by atoms with Gasteiger partial charge in [0.25, 0.3) is 0 Å². The largest absolute Gasteiger partial charge is 0.272 e. The molecule has 2 atom stereocenters. The van der Waals surface area contributed by atoms with Gasteiger partial charge in [0, 0.05) is 5.56 Å². The Kier molecular flexibility index (Phi) is 3.52. The van der Waals surface area contributed by atoms with E-state index in [0.717, 1.165) is 18.4 Å². The maximum atomic E-state index is 8.66. The molecule has 2 rings (SSSR count). The molecule has 2 unspecified atom stereocenters. The van der Waals surface area contributed by atoms with Crippen molar-refractivity contribution in [2.24, 2.45) is 0 Å². The highest BCUT2D eigenvalue weighted by atomic mass is 17.1. The highest BCUT2D eigenvalue weighted by molar-refractivity contribution is 5.32. The quantitative estimate of drug-likeness (QED) is 0.563. The molecule has 1 aromatic rings. The molecule has 0 spiro atoms. The van der Waals surface area contributed by atoms with Crippen molar-refractivity contribution in [3.8, 4) is 6.07 Å². The van der Waals surface area contributed by atoms with Crippen LogP contribution in [0.4, 0.5) is 0 Å². The van der Waals surface area contributed by atoms with E-state index in [2.05, 4.69) is 13.0 Å². The van der Waals surface area contributed by atoms with Gasteiger partial charge in [-0.2, -0.15) is 5.26 Å². The van der Waals surface area contributed by atoms with E-state index in [-0.39, 0.29) is 6.23 Å². The Hall–Kier alpha value is -1.41. The molecular weight excluding hydrogens is 204 g/mol. The summed E-state index contributed by atoms with van der Waals surface area (Å²) in [5, 5.41) is 10.2. The van der Waals surface area contributed by atoms with E-state index in [1.807, 2.05) is 12.1 Å². The maximum absolute atomic E-state index is 8.66. The van der Waals surface area contributed by atoms with Crippen molar-refractivity contribution in [3.63, 3.8) is 0 Å². The summed E-state index contributed by atoms with van der Waals surface area (Å²) >= 11 is 0. The topological polar surface area (TPSA) is 48.6 Å². The van der Waals surface area contributed by atoms with Crippen LogP contribution in [0.5, 0.6) is 0 Å². The molecule has 0 bridgehead atoms. The monoisotopic (exact) mass is 218 g/mol. The summed E-state index contributed by atoms with van der Waals surface area (Å²) in [6.45, 7) is 2.80. The Bertz CT molecular complexity index is 383. The van der Waals surface area contributed by atoms with Gasteiger partial charge in [0.05, 0.1) is 18.2 Å². The van der Waals surface area contributed by atoms with Crippen molar-refractivity contribution in [3.05, 3.63) is 35.4 Å². The normalized spacial score (nSPS) is 22.8. The molecular formula is C12H14N2O2. The van der Waals surface area contributed by atoms with Gasteiger partial charge in [0.15, 0.2) is 0 Å². The highest BCUT2D eigenvalue weighted by Crippen LogP contribution is 2.37. The summed E-state index contributed by atoms with van der Waals surface area (Å²) in [5.41, 5.74) is 1.67. The van der Waals surface area contributed by atoms with E-state index < -0.39 is 0 Å². The molecule has 1 heterocycles. The van der Waals surface area contributed by atoms with Crippen LogP contribution in [-0.4, -0.2) is 11.8 Å². The fourth-order valence-corrected chi connectivity index (χ4v) is 1.37. The Balaban J connectivity index is 1.84. The predicted octanol–water partition coefficient (Wildman–Crippen LogP) is 2.54. The molecule has 1 aromatic carbocycles. The zero-order chi connectivity index (χ0) is 11.4. The molecule has 1 fully saturated rings. The zero-order valence-corrected chi connectivity index (χ0v) is 9.22. The van der Waals surface area contributed by atoms with Gasteiger partial charge in [-0.05, 0) is 23.8 Å². The third kappa shape index (κ3) is 2.58. The molecule has 84 valence electrons. The van der Waals surface area contributed by atoms with E-state index >= 15 is 0 Å². The van der Waals surface area contributed by atoms with Crippen molar-refractivity contribution >= 4 is 0 Å². The van der Waals surface area contributed by atoms with Gasteiger partial charge in [-0.15, -0.1) is 0 Å². The summed E-state index contributed by atoms with van der Waals surface area (Å²) in [4.78, 5) is 10.6. The first-order valence-electron chi connectivity index (χ1n) is 5.44. The van der Waals surface area contributed by atoms with Crippen LogP contribution in [0, 0.1) is 11.3 Å². The van der Waals surface area contributed by atoms with Gasteiger partial charge in [0.2, 0.25) is 6.23 Å². The lowest BCUT2D eigenvalue weighted by Crippen LogP contribution is -2.01. The fourth-order valence-electron chi connectivity index (χ4n) is 1.37. The average Bonchev–Trinajstić information content (AvgIpc) is 3.09.